The summed E-state index contributed by atoms with van der Waals surface area (Å²) in [6.07, 6.45) is 14.8. The van der Waals surface area contributed by atoms with Crippen LogP contribution in [0.1, 0.15) is 87.2 Å². The molecule has 1 saturated heterocycles. The molecule has 3 fully saturated rings. The molecule has 2 saturated carbocycles. The lowest BCUT2D eigenvalue weighted by Crippen LogP contribution is -2.48. The molecule has 1 aliphatic heterocycles. The van der Waals surface area contributed by atoms with Gasteiger partial charge in [-0.2, -0.15) is 0 Å². The third-order valence-corrected chi connectivity index (χ3v) is 8.34. The molecule has 1 heterocycles. The molecule has 5 rings (SSSR count). The fraction of sp³-hybridized carbons (Fsp3) is 0.739. The van der Waals surface area contributed by atoms with Crippen LogP contribution in [-0.4, -0.2) is 24.5 Å². The lowest BCUT2D eigenvalue weighted by Gasteiger charge is -2.49. The smallest absolute Gasteiger partial charge is 0.0235 e. The summed E-state index contributed by atoms with van der Waals surface area (Å²) in [7, 11) is 2.42. The maximum absolute atomic E-state index is 2.76. The van der Waals surface area contributed by atoms with E-state index in [9.17, 15) is 0 Å². The highest BCUT2D eigenvalue weighted by atomic mass is 15.2. The minimum Gasteiger partial charge on any atom is -0.302 e. The van der Waals surface area contributed by atoms with Gasteiger partial charge in [-0.05, 0) is 74.6 Å². The summed E-state index contributed by atoms with van der Waals surface area (Å²) in [5, 5.41) is 0. The second-order valence-corrected chi connectivity index (χ2v) is 9.25. The monoisotopic (exact) mass is 323 g/mol. The standard InChI is InChI=1S/C23H33N/c1-24-16-8-13-20-18-11-4-5-12-19(18)21(22(20)24)23(14-6-7-15-23)17-9-2-3-10-17/h4-5,11-12,17,20-22H,2-3,6-10,13-16H2,1H3. The third kappa shape index (κ3) is 2.09. The minimum atomic E-state index is 0.623. The van der Waals surface area contributed by atoms with Gasteiger partial charge < -0.3 is 4.90 Å². The number of benzene rings is 1. The molecule has 1 aromatic rings. The zero-order valence-corrected chi connectivity index (χ0v) is 15.3. The van der Waals surface area contributed by atoms with Crippen LogP contribution in [0.15, 0.2) is 24.3 Å². The van der Waals surface area contributed by atoms with Gasteiger partial charge in [0, 0.05) is 17.9 Å². The predicted molar refractivity (Wildman–Crippen MR) is 100 cm³/mol. The highest BCUT2D eigenvalue weighted by Crippen LogP contribution is 2.64. The Labute approximate surface area is 147 Å². The quantitative estimate of drug-likeness (QED) is 0.673. The van der Waals surface area contributed by atoms with Crippen molar-refractivity contribution >= 4 is 0 Å². The normalized spacial score (nSPS) is 36.0. The molecule has 1 nitrogen and oxygen atoms in total. The van der Waals surface area contributed by atoms with Crippen molar-refractivity contribution in [3.8, 4) is 0 Å². The van der Waals surface area contributed by atoms with Gasteiger partial charge in [0.05, 0.1) is 0 Å². The van der Waals surface area contributed by atoms with Gasteiger partial charge >= 0.3 is 0 Å². The van der Waals surface area contributed by atoms with E-state index in [4.69, 9.17) is 0 Å². The Morgan fingerprint density at radius 2 is 1.58 bits per heavy atom. The number of rotatable bonds is 2. The summed E-state index contributed by atoms with van der Waals surface area (Å²) in [4.78, 5) is 2.76. The first-order valence-corrected chi connectivity index (χ1v) is 10.6. The van der Waals surface area contributed by atoms with Gasteiger partial charge in [0.15, 0.2) is 0 Å². The molecule has 4 aliphatic rings. The first-order chi connectivity index (χ1) is 11.8. The van der Waals surface area contributed by atoms with Crippen LogP contribution < -0.4 is 0 Å². The van der Waals surface area contributed by atoms with Gasteiger partial charge in [0.2, 0.25) is 0 Å². The zero-order valence-electron chi connectivity index (χ0n) is 15.3. The third-order valence-electron chi connectivity index (χ3n) is 8.34. The second-order valence-electron chi connectivity index (χ2n) is 9.25. The predicted octanol–water partition coefficient (Wildman–Crippen LogP) is 5.71. The van der Waals surface area contributed by atoms with E-state index in [1.165, 1.54) is 70.8 Å². The molecule has 3 aliphatic carbocycles. The van der Waals surface area contributed by atoms with Crippen LogP contribution in [0.3, 0.4) is 0 Å². The van der Waals surface area contributed by atoms with E-state index in [-0.39, 0.29) is 0 Å². The zero-order chi connectivity index (χ0) is 16.1. The van der Waals surface area contributed by atoms with Crippen molar-refractivity contribution < 1.29 is 0 Å². The average Bonchev–Trinajstić information content (AvgIpc) is 3.34. The summed E-state index contributed by atoms with van der Waals surface area (Å²) >= 11 is 0. The molecular formula is C23H33N. The van der Waals surface area contributed by atoms with Crippen molar-refractivity contribution in [3.05, 3.63) is 35.4 Å². The maximum atomic E-state index is 2.76. The number of likely N-dealkylation sites (N-methyl/N-ethyl adjacent to an activating group) is 1. The van der Waals surface area contributed by atoms with Crippen molar-refractivity contribution in [3.63, 3.8) is 0 Å². The van der Waals surface area contributed by atoms with Crippen molar-refractivity contribution in [1.29, 1.82) is 0 Å². The summed E-state index contributed by atoms with van der Waals surface area (Å²) in [5.74, 6) is 2.63. The van der Waals surface area contributed by atoms with Crippen LogP contribution in [-0.2, 0) is 0 Å². The fourth-order valence-corrected chi connectivity index (χ4v) is 7.49. The molecule has 1 heteroatoms. The maximum Gasteiger partial charge on any atom is 0.0235 e. The highest BCUT2D eigenvalue weighted by Gasteiger charge is 2.56. The van der Waals surface area contributed by atoms with Crippen molar-refractivity contribution in [1.82, 2.24) is 4.90 Å². The Hall–Kier alpha value is -0.820. The highest BCUT2D eigenvalue weighted by molar-refractivity contribution is 5.44. The number of nitrogens with zero attached hydrogens (tertiary/aromatic N) is 1. The molecule has 0 aromatic heterocycles. The van der Waals surface area contributed by atoms with E-state index in [1.54, 1.807) is 11.1 Å². The van der Waals surface area contributed by atoms with Crippen molar-refractivity contribution in [2.45, 2.75) is 82.1 Å². The Kier molecular flexibility index (Phi) is 3.77. The van der Waals surface area contributed by atoms with E-state index in [2.05, 4.69) is 36.2 Å². The fourth-order valence-electron chi connectivity index (χ4n) is 7.49. The van der Waals surface area contributed by atoms with Crippen LogP contribution >= 0.6 is 0 Å². The first kappa shape index (κ1) is 15.4. The van der Waals surface area contributed by atoms with Crippen LogP contribution in [0.4, 0.5) is 0 Å². The molecule has 0 spiro atoms. The van der Waals surface area contributed by atoms with Crippen molar-refractivity contribution in [2.75, 3.05) is 13.6 Å². The molecule has 1 aromatic carbocycles. The number of piperidine rings is 1. The Balaban J connectivity index is 1.64. The lowest BCUT2D eigenvalue weighted by molar-refractivity contribution is 0.0453. The van der Waals surface area contributed by atoms with Crippen LogP contribution in [0, 0.1) is 11.3 Å². The van der Waals surface area contributed by atoms with Gasteiger partial charge in [-0.25, -0.2) is 0 Å². The van der Waals surface area contributed by atoms with Crippen LogP contribution in [0.25, 0.3) is 0 Å². The molecule has 130 valence electrons. The van der Waals surface area contributed by atoms with Crippen molar-refractivity contribution in [2.24, 2.45) is 11.3 Å². The molecule has 0 radical (unpaired) electrons. The van der Waals surface area contributed by atoms with Gasteiger partial charge in [-0.3, -0.25) is 0 Å². The van der Waals surface area contributed by atoms with E-state index in [0.29, 0.717) is 5.41 Å². The number of hydrogen-bond acceptors (Lipinski definition) is 1. The van der Waals surface area contributed by atoms with Gasteiger partial charge in [0.25, 0.3) is 0 Å². The number of hydrogen-bond donors (Lipinski definition) is 0. The molecule has 24 heavy (non-hydrogen) atoms. The molecule has 3 unspecified atom stereocenters. The second kappa shape index (κ2) is 5.87. The largest absolute Gasteiger partial charge is 0.302 e. The minimum absolute atomic E-state index is 0.623. The molecular weight excluding hydrogens is 290 g/mol. The molecule has 3 atom stereocenters. The molecule has 0 N–H and O–H groups in total. The topological polar surface area (TPSA) is 3.24 Å². The van der Waals surface area contributed by atoms with Gasteiger partial charge in [-0.1, -0.05) is 49.9 Å². The summed E-state index contributed by atoms with van der Waals surface area (Å²) < 4.78 is 0. The van der Waals surface area contributed by atoms with Crippen LogP contribution in [0.2, 0.25) is 0 Å². The van der Waals surface area contributed by atoms with Gasteiger partial charge in [0.1, 0.15) is 0 Å². The van der Waals surface area contributed by atoms with E-state index < -0.39 is 0 Å². The first-order valence-electron chi connectivity index (χ1n) is 10.6. The average molecular weight is 324 g/mol. The number of fused-ring (bicyclic) bond motifs is 3. The van der Waals surface area contributed by atoms with E-state index >= 15 is 0 Å². The summed E-state index contributed by atoms with van der Waals surface area (Å²) in [6, 6.07) is 10.4. The Bertz CT molecular complexity index is 594. The van der Waals surface area contributed by atoms with Crippen LogP contribution in [0.5, 0.6) is 0 Å². The lowest BCUT2D eigenvalue weighted by atomic mass is 9.60. The van der Waals surface area contributed by atoms with E-state index in [0.717, 1.165) is 23.8 Å². The Morgan fingerprint density at radius 3 is 2.33 bits per heavy atom. The summed E-state index contributed by atoms with van der Waals surface area (Å²) in [6.45, 7) is 1.31. The summed E-state index contributed by atoms with van der Waals surface area (Å²) in [5.41, 5.74) is 4.11. The SMILES string of the molecule is CN1CCCC2c3ccccc3C(C3(C4CCCC4)CCCC3)C21. The van der Waals surface area contributed by atoms with Gasteiger partial charge in [-0.15, -0.1) is 0 Å². The number of likely N-dealkylation sites (tertiary alicyclic amines) is 1. The Morgan fingerprint density at radius 1 is 0.875 bits per heavy atom. The van der Waals surface area contributed by atoms with E-state index in [1.807, 2.05) is 0 Å². The molecule has 0 bridgehead atoms. The molecule has 0 amide bonds.